The molecule has 174 valence electrons. The Morgan fingerprint density at radius 3 is 2.18 bits per heavy atom. The Labute approximate surface area is 205 Å². The highest BCUT2D eigenvalue weighted by Gasteiger charge is 2.27. The van der Waals surface area contributed by atoms with Gasteiger partial charge in [-0.2, -0.15) is 4.31 Å². The molecule has 0 aliphatic carbocycles. The average molecular weight is 530 g/mol. The molecule has 0 heterocycles. The molecule has 0 bridgehead atoms. The number of carbonyl (C=O) groups excluding carboxylic acids is 1. The summed E-state index contributed by atoms with van der Waals surface area (Å²) in [4.78, 5) is 13.2. The number of nitrogens with one attached hydrogen (secondary N) is 1. The van der Waals surface area contributed by atoms with Gasteiger partial charge in [-0.3, -0.25) is 4.79 Å². The van der Waals surface area contributed by atoms with Gasteiger partial charge in [-0.05, 0) is 79.8 Å². The quantitative estimate of drug-likeness (QED) is 0.423. The van der Waals surface area contributed by atoms with Gasteiger partial charge in [0.05, 0.1) is 17.5 Å². The molecule has 0 spiro atoms. The second-order valence-corrected chi connectivity index (χ2v) is 11.1. The Kier molecular flexibility index (Phi) is 8.10. The molecule has 0 radical (unpaired) electrons. The van der Waals surface area contributed by atoms with Gasteiger partial charge in [-0.15, -0.1) is 0 Å². The normalized spacial score (nSPS) is 12.5. The summed E-state index contributed by atoms with van der Waals surface area (Å²) in [6.45, 7) is 7.85. The van der Waals surface area contributed by atoms with Crippen LogP contribution in [0.4, 0.5) is 0 Å². The maximum atomic E-state index is 13.4. The molecule has 1 atom stereocenters. The van der Waals surface area contributed by atoms with Crippen molar-refractivity contribution in [1.82, 2.24) is 9.62 Å². The summed E-state index contributed by atoms with van der Waals surface area (Å²) in [6, 6.07) is 19.5. The van der Waals surface area contributed by atoms with Crippen molar-refractivity contribution < 1.29 is 13.2 Å². The summed E-state index contributed by atoms with van der Waals surface area (Å²) in [6.07, 6.45) is 0. The number of rotatable bonds is 8. The van der Waals surface area contributed by atoms with Gasteiger partial charge in [0.15, 0.2) is 0 Å². The molecule has 0 saturated heterocycles. The Morgan fingerprint density at radius 1 is 0.939 bits per heavy atom. The van der Waals surface area contributed by atoms with E-state index in [1.54, 1.807) is 30.3 Å². The van der Waals surface area contributed by atoms with Gasteiger partial charge >= 0.3 is 0 Å². The van der Waals surface area contributed by atoms with Crippen molar-refractivity contribution in [2.24, 2.45) is 0 Å². The third-order valence-electron chi connectivity index (χ3n) is 5.70. The molecule has 0 unspecified atom stereocenters. The number of hydrogen-bond donors (Lipinski definition) is 1. The predicted molar refractivity (Wildman–Crippen MR) is 135 cm³/mol. The van der Waals surface area contributed by atoms with E-state index in [0.29, 0.717) is 0 Å². The van der Waals surface area contributed by atoms with E-state index in [4.69, 9.17) is 0 Å². The van der Waals surface area contributed by atoms with Crippen LogP contribution in [0.2, 0.25) is 0 Å². The number of benzene rings is 3. The first kappa shape index (κ1) is 25.1. The Bertz CT molecular complexity index is 1230. The first-order chi connectivity index (χ1) is 15.6. The summed E-state index contributed by atoms with van der Waals surface area (Å²) in [5.74, 6) is -0.350. The van der Waals surface area contributed by atoms with Crippen molar-refractivity contribution >= 4 is 31.9 Å². The third kappa shape index (κ3) is 6.31. The summed E-state index contributed by atoms with van der Waals surface area (Å²) in [7, 11) is -3.86. The van der Waals surface area contributed by atoms with E-state index in [9.17, 15) is 13.2 Å². The Morgan fingerprint density at radius 2 is 1.55 bits per heavy atom. The largest absolute Gasteiger partial charge is 0.348 e. The van der Waals surface area contributed by atoms with E-state index < -0.39 is 10.0 Å². The van der Waals surface area contributed by atoms with Crippen LogP contribution in [0, 0.1) is 20.8 Å². The minimum absolute atomic E-state index is 0.0922. The standard InChI is InChI=1S/C26H29BrN2O3S/c1-18-14-20(3)25(15-19(18)2)21(4)28-26(30)17-29(16-22-10-12-23(27)13-11-22)33(31,32)24-8-6-5-7-9-24/h5-15,21H,16-17H2,1-4H3,(H,28,30)/t21-/m0/s1. The maximum Gasteiger partial charge on any atom is 0.243 e. The molecule has 5 nitrogen and oxygen atoms in total. The van der Waals surface area contributed by atoms with Crippen molar-refractivity contribution in [1.29, 1.82) is 0 Å². The minimum atomic E-state index is -3.86. The minimum Gasteiger partial charge on any atom is -0.348 e. The number of sulfonamides is 1. The lowest BCUT2D eigenvalue weighted by atomic mass is 9.96. The molecule has 0 aromatic heterocycles. The molecule has 33 heavy (non-hydrogen) atoms. The smallest absolute Gasteiger partial charge is 0.243 e. The lowest BCUT2D eigenvalue weighted by Crippen LogP contribution is -2.41. The van der Waals surface area contributed by atoms with E-state index in [0.717, 1.165) is 26.7 Å². The third-order valence-corrected chi connectivity index (χ3v) is 8.03. The van der Waals surface area contributed by atoms with Crippen LogP contribution in [0.5, 0.6) is 0 Å². The second-order valence-electron chi connectivity index (χ2n) is 8.29. The second kappa shape index (κ2) is 10.6. The van der Waals surface area contributed by atoms with Crippen molar-refractivity contribution in [2.45, 2.75) is 45.2 Å². The fraction of sp³-hybridized carbons (Fsp3) is 0.269. The molecule has 0 aliphatic rings. The van der Waals surface area contributed by atoms with Gasteiger partial charge in [0.1, 0.15) is 0 Å². The number of amides is 1. The fourth-order valence-corrected chi connectivity index (χ4v) is 5.41. The molecule has 0 fully saturated rings. The van der Waals surface area contributed by atoms with Crippen LogP contribution in [0.15, 0.2) is 76.1 Å². The molecule has 3 aromatic carbocycles. The molecule has 7 heteroatoms. The van der Waals surface area contributed by atoms with Crippen LogP contribution in [0.25, 0.3) is 0 Å². The summed E-state index contributed by atoms with van der Waals surface area (Å²) < 4.78 is 28.9. The van der Waals surface area contributed by atoms with Gasteiger partial charge in [0.25, 0.3) is 0 Å². The van der Waals surface area contributed by atoms with Crippen LogP contribution in [-0.2, 0) is 21.4 Å². The number of halogens is 1. The van der Waals surface area contributed by atoms with Crippen molar-refractivity contribution in [3.63, 3.8) is 0 Å². The van der Waals surface area contributed by atoms with Gasteiger partial charge in [0.2, 0.25) is 15.9 Å². The van der Waals surface area contributed by atoms with Gasteiger partial charge in [-0.25, -0.2) is 8.42 Å². The van der Waals surface area contributed by atoms with Gasteiger partial charge in [0, 0.05) is 11.0 Å². The molecular weight excluding hydrogens is 500 g/mol. The van der Waals surface area contributed by atoms with Crippen molar-refractivity contribution in [2.75, 3.05) is 6.54 Å². The van der Waals surface area contributed by atoms with Crippen LogP contribution in [-0.4, -0.2) is 25.2 Å². The van der Waals surface area contributed by atoms with Crippen LogP contribution in [0.1, 0.15) is 40.8 Å². The maximum absolute atomic E-state index is 13.4. The van der Waals surface area contributed by atoms with E-state index in [1.807, 2.05) is 45.0 Å². The van der Waals surface area contributed by atoms with E-state index in [2.05, 4.69) is 40.3 Å². The van der Waals surface area contributed by atoms with Gasteiger partial charge < -0.3 is 5.32 Å². The zero-order valence-electron chi connectivity index (χ0n) is 19.3. The average Bonchev–Trinajstić information content (AvgIpc) is 2.77. The number of aryl methyl sites for hydroxylation is 3. The monoisotopic (exact) mass is 528 g/mol. The van der Waals surface area contributed by atoms with Crippen molar-refractivity contribution in [3.8, 4) is 0 Å². The van der Waals surface area contributed by atoms with E-state index >= 15 is 0 Å². The highest BCUT2D eigenvalue weighted by atomic mass is 79.9. The Hall–Kier alpha value is -2.48. The highest BCUT2D eigenvalue weighted by Crippen LogP contribution is 2.23. The summed E-state index contributed by atoms with van der Waals surface area (Å²) in [5, 5.41) is 2.98. The van der Waals surface area contributed by atoms with Crippen molar-refractivity contribution in [3.05, 3.63) is 99.0 Å². The highest BCUT2D eigenvalue weighted by molar-refractivity contribution is 9.10. The summed E-state index contributed by atoms with van der Waals surface area (Å²) in [5.41, 5.74) is 5.26. The van der Waals surface area contributed by atoms with Gasteiger partial charge in [-0.1, -0.05) is 58.4 Å². The molecule has 3 aromatic rings. The van der Waals surface area contributed by atoms with Crippen LogP contribution >= 0.6 is 15.9 Å². The van der Waals surface area contributed by atoms with E-state index in [-0.39, 0.29) is 29.9 Å². The lowest BCUT2D eigenvalue weighted by molar-refractivity contribution is -0.122. The number of nitrogens with zero attached hydrogens (tertiary/aromatic N) is 1. The SMILES string of the molecule is Cc1cc(C)c([C@H](C)NC(=O)CN(Cc2ccc(Br)cc2)S(=O)(=O)c2ccccc2)cc1C. The Balaban J connectivity index is 1.84. The molecule has 0 saturated carbocycles. The molecule has 1 amide bonds. The topological polar surface area (TPSA) is 66.5 Å². The molecule has 3 rings (SSSR count). The zero-order chi connectivity index (χ0) is 24.2. The van der Waals surface area contributed by atoms with Crippen LogP contribution < -0.4 is 5.32 Å². The van der Waals surface area contributed by atoms with Crippen LogP contribution in [0.3, 0.4) is 0 Å². The molecule has 1 N–H and O–H groups in total. The predicted octanol–water partition coefficient (Wildman–Crippen LogP) is 5.44. The summed E-state index contributed by atoms with van der Waals surface area (Å²) >= 11 is 3.40. The zero-order valence-corrected chi connectivity index (χ0v) is 21.7. The number of carbonyl (C=O) groups is 1. The molecular formula is C26H29BrN2O3S. The number of hydrogen-bond acceptors (Lipinski definition) is 3. The fourth-order valence-electron chi connectivity index (χ4n) is 3.74. The first-order valence-corrected chi connectivity index (χ1v) is 13.0. The molecule has 0 aliphatic heterocycles. The lowest BCUT2D eigenvalue weighted by Gasteiger charge is -2.24. The van der Waals surface area contributed by atoms with E-state index in [1.165, 1.54) is 9.87 Å². The first-order valence-electron chi connectivity index (χ1n) is 10.7.